The summed E-state index contributed by atoms with van der Waals surface area (Å²) in [5.41, 5.74) is -0.111. The van der Waals surface area contributed by atoms with Gasteiger partial charge in [-0.05, 0) is 12.3 Å². The highest BCUT2D eigenvalue weighted by molar-refractivity contribution is 6.31. The maximum atomic E-state index is 13.3. The molecule has 0 bridgehead atoms. The van der Waals surface area contributed by atoms with Crippen molar-refractivity contribution in [3.63, 3.8) is 0 Å². The zero-order valence-electron chi connectivity index (χ0n) is 11.5. The molecule has 0 aliphatic carbocycles. The number of anilines is 1. The number of rotatable bonds is 8. The molecule has 1 rings (SSSR count). The molecule has 112 valence electrons. The second-order valence-corrected chi connectivity index (χ2v) is 5.20. The Morgan fingerprint density at radius 2 is 2.20 bits per heavy atom. The number of nitrogens with one attached hydrogen (secondary N) is 1. The van der Waals surface area contributed by atoms with Gasteiger partial charge < -0.3 is 10.1 Å². The molecule has 20 heavy (non-hydrogen) atoms. The highest BCUT2D eigenvalue weighted by Gasteiger charge is 2.17. The Morgan fingerprint density at radius 3 is 2.80 bits per heavy atom. The molecule has 0 aliphatic heterocycles. The lowest BCUT2D eigenvalue weighted by Crippen LogP contribution is -2.09. The van der Waals surface area contributed by atoms with E-state index in [1.165, 1.54) is 0 Å². The largest absolute Gasteiger partial charge is 0.381 e. The van der Waals surface area contributed by atoms with Crippen LogP contribution in [0.3, 0.4) is 0 Å². The molecule has 7 heteroatoms. The van der Waals surface area contributed by atoms with E-state index in [1.807, 2.05) is 0 Å². The smallest absolute Gasteiger partial charge is 0.294 e. The Hall–Kier alpha value is -1.40. The summed E-state index contributed by atoms with van der Waals surface area (Å²) in [5, 5.41) is 13.4. The lowest BCUT2D eigenvalue weighted by Gasteiger charge is -2.09. The summed E-state index contributed by atoms with van der Waals surface area (Å²) in [6.45, 7) is 5.79. The first-order chi connectivity index (χ1) is 9.41. The van der Waals surface area contributed by atoms with E-state index in [9.17, 15) is 14.5 Å². The number of hydrogen-bond acceptors (Lipinski definition) is 4. The molecule has 0 aliphatic rings. The van der Waals surface area contributed by atoms with E-state index in [1.54, 1.807) is 0 Å². The number of nitro groups is 1. The molecule has 0 aromatic heterocycles. The van der Waals surface area contributed by atoms with E-state index in [-0.39, 0.29) is 16.4 Å². The fraction of sp³-hybridized carbons (Fsp3) is 0.538. The fourth-order valence-corrected chi connectivity index (χ4v) is 1.70. The summed E-state index contributed by atoms with van der Waals surface area (Å²) in [5.74, 6) is -0.217. The van der Waals surface area contributed by atoms with E-state index in [0.717, 1.165) is 12.1 Å². The van der Waals surface area contributed by atoms with Crippen molar-refractivity contribution < 1.29 is 14.1 Å². The van der Waals surface area contributed by atoms with Gasteiger partial charge in [-0.1, -0.05) is 25.4 Å². The highest BCUT2D eigenvalue weighted by Crippen LogP contribution is 2.30. The van der Waals surface area contributed by atoms with Gasteiger partial charge in [0.1, 0.15) is 11.5 Å². The molecule has 0 radical (unpaired) electrons. The molecule has 0 atom stereocenters. The van der Waals surface area contributed by atoms with Crippen LogP contribution in [-0.4, -0.2) is 24.7 Å². The van der Waals surface area contributed by atoms with Crippen molar-refractivity contribution in [1.82, 2.24) is 0 Å². The summed E-state index contributed by atoms with van der Waals surface area (Å²) in [6.07, 6.45) is 0.675. The molecule has 0 unspecified atom stereocenters. The number of hydrogen-bond donors (Lipinski definition) is 1. The van der Waals surface area contributed by atoms with Gasteiger partial charge in [0.05, 0.1) is 9.95 Å². The maximum Gasteiger partial charge on any atom is 0.294 e. The molecule has 0 fully saturated rings. The predicted molar refractivity (Wildman–Crippen MR) is 76.8 cm³/mol. The van der Waals surface area contributed by atoms with Gasteiger partial charge in [0.2, 0.25) is 0 Å². The first-order valence-corrected chi connectivity index (χ1v) is 6.74. The van der Waals surface area contributed by atoms with Crippen molar-refractivity contribution in [1.29, 1.82) is 0 Å². The minimum absolute atomic E-state index is 0.126. The van der Waals surface area contributed by atoms with E-state index >= 15 is 0 Å². The predicted octanol–water partition coefficient (Wildman–Crippen LogP) is 3.86. The SMILES string of the molecule is CC(C)COCCCNc1cc(F)c(Cl)cc1[N+](=O)[O-]. The second kappa shape index (κ2) is 8.01. The molecule has 5 nitrogen and oxygen atoms in total. The number of benzene rings is 1. The number of nitro benzene ring substituents is 1. The van der Waals surface area contributed by atoms with Crippen LogP contribution in [0.1, 0.15) is 20.3 Å². The molecule has 0 spiro atoms. The summed E-state index contributed by atoms with van der Waals surface area (Å²) in [7, 11) is 0. The molecule has 0 saturated carbocycles. The molecule has 0 heterocycles. The van der Waals surface area contributed by atoms with Gasteiger partial charge >= 0.3 is 0 Å². The summed E-state index contributed by atoms with van der Waals surface area (Å²) in [6, 6.07) is 2.05. The molecule has 0 saturated heterocycles. The summed E-state index contributed by atoms with van der Waals surface area (Å²) in [4.78, 5) is 10.3. The van der Waals surface area contributed by atoms with Crippen LogP contribution in [0.2, 0.25) is 5.02 Å². The Kier molecular flexibility index (Phi) is 6.67. The van der Waals surface area contributed by atoms with Gasteiger partial charge in [-0.25, -0.2) is 4.39 Å². The lowest BCUT2D eigenvalue weighted by atomic mass is 10.2. The van der Waals surface area contributed by atoms with E-state index in [0.29, 0.717) is 32.1 Å². The second-order valence-electron chi connectivity index (χ2n) is 4.79. The van der Waals surface area contributed by atoms with Gasteiger partial charge in [-0.2, -0.15) is 0 Å². The van der Waals surface area contributed by atoms with Gasteiger partial charge in [-0.15, -0.1) is 0 Å². The fourth-order valence-electron chi connectivity index (χ4n) is 1.55. The van der Waals surface area contributed by atoms with Crippen LogP contribution >= 0.6 is 11.6 Å². The summed E-state index contributed by atoms with van der Waals surface area (Å²) >= 11 is 5.53. The Labute approximate surface area is 122 Å². The van der Waals surface area contributed by atoms with E-state index < -0.39 is 10.7 Å². The van der Waals surface area contributed by atoms with Crippen LogP contribution in [0.15, 0.2) is 12.1 Å². The third-order valence-corrected chi connectivity index (χ3v) is 2.76. The number of ether oxygens (including phenoxy) is 1. The van der Waals surface area contributed by atoms with Gasteiger partial charge in [-0.3, -0.25) is 10.1 Å². The molecule has 0 amide bonds. The Morgan fingerprint density at radius 1 is 1.50 bits per heavy atom. The Bertz CT molecular complexity index is 469. The highest BCUT2D eigenvalue weighted by atomic mass is 35.5. The van der Waals surface area contributed by atoms with Crippen LogP contribution in [-0.2, 0) is 4.74 Å². The molecular formula is C13H18ClFN2O3. The first kappa shape index (κ1) is 16.7. The van der Waals surface area contributed by atoms with Crippen LogP contribution < -0.4 is 5.32 Å². The van der Waals surface area contributed by atoms with Crippen LogP contribution in [0, 0.1) is 21.8 Å². The zero-order valence-corrected chi connectivity index (χ0v) is 12.2. The van der Waals surface area contributed by atoms with Crippen molar-refractivity contribution in [3.05, 3.63) is 33.1 Å². The van der Waals surface area contributed by atoms with E-state index in [4.69, 9.17) is 16.3 Å². The quantitative estimate of drug-likeness (QED) is 0.450. The van der Waals surface area contributed by atoms with Gasteiger partial charge in [0, 0.05) is 31.9 Å². The first-order valence-electron chi connectivity index (χ1n) is 6.37. The number of halogens is 2. The minimum atomic E-state index is -0.684. The normalized spacial score (nSPS) is 10.8. The minimum Gasteiger partial charge on any atom is -0.381 e. The Balaban J connectivity index is 2.51. The van der Waals surface area contributed by atoms with Crippen molar-refractivity contribution >= 4 is 23.0 Å². The van der Waals surface area contributed by atoms with Crippen LogP contribution in [0.5, 0.6) is 0 Å². The third kappa shape index (κ3) is 5.30. The van der Waals surface area contributed by atoms with Crippen molar-refractivity contribution in [2.45, 2.75) is 20.3 Å². The standard InChI is InChI=1S/C13H18ClFN2O3/c1-9(2)8-20-5-3-4-16-12-7-11(15)10(14)6-13(12)17(18)19/h6-7,9,16H,3-5,8H2,1-2H3. The topological polar surface area (TPSA) is 64.4 Å². The van der Waals surface area contributed by atoms with Gasteiger partial charge in [0.15, 0.2) is 0 Å². The van der Waals surface area contributed by atoms with Crippen molar-refractivity contribution in [3.8, 4) is 0 Å². The zero-order chi connectivity index (χ0) is 15.1. The lowest BCUT2D eigenvalue weighted by molar-refractivity contribution is -0.384. The number of nitrogens with zero attached hydrogens (tertiary/aromatic N) is 1. The average molecular weight is 305 g/mol. The summed E-state index contributed by atoms with van der Waals surface area (Å²) < 4.78 is 18.7. The molecule has 1 N–H and O–H groups in total. The average Bonchev–Trinajstić information content (AvgIpc) is 2.36. The van der Waals surface area contributed by atoms with Crippen LogP contribution in [0.25, 0.3) is 0 Å². The molecular weight excluding hydrogens is 287 g/mol. The van der Waals surface area contributed by atoms with Crippen molar-refractivity contribution in [2.75, 3.05) is 25.1 Å². The third-order valence-electron chi connectivity index (χ3n) is 2.47. The van der Waals surface area contributed by atoms with Crippen LogP contribution in [0.4, 0.5) is 15.8 Å². The van der Waals surface area contributed by atoms with Crippen molar-refractivity contribution in [2.24, 2.45) is 5.92 Å². The van der Waals surface area contributed by atoms with Gasteiger partial charge in [0.25, 0.3) is 5.69 Å². The maximum absolute atomic E-state index is 13.3. The molecule has 1 aromatic rings. The molecule has 1 aromatic carbocycles. The monoisotopic (exact) mass is 304 g/mol. The van der Waals surface area contributed by atoms with E-state index in [2.05, 4.69) is 19.2 Å².